The van der Waals surface area contributed by atoms with Gasteiger partial charge >= 0.3 is 0 Å². The Morgan fingerprint density at radius 1 is 1.36 bits per heavy atom. The van der Waals surface area contributed by atoms with Gasteiger partial charge in [-0.25, -0.2) is 0 Å². The molecule has 1 aliphatic rings. The first kappa shape index (κ1) is 16.9. The molecule has 1 aromatic carbocycles. The van der Waals surface area contributed by atoms with Crippen LogP contribution in [0.4, 0.5) is 11.4 Å². The normalized spacial score (nSPS) is 15.4. The number of benzene rings is 1. The Morgan fingerprint density at radius 3 is 2.60 bits per heavy atom. The predicted molar refractivity (Wildman–Crippen MR) is 89.2 cm³/mol. The number of likely N-dealkylation sites (tertiary alicyclic amines) is 1. The van der Waals surface area contributed by atoms with Gasteiger partial charge in [-0.15, -0.1) is 0 Å². The van der Waals surface area contributed by atoms with E-state index >= 15 is 0 Å². The second kappa shape index (κ2) is 6.50. The van der Waals surface area contributed by atoms with Crippen LogP contribution in [-0.2, 0) is 0 Å². The summed E-state index contributed by atoms with van der Waals surface area (Å²) in [6.07, 6.45) is 1.41. The highest BCUT2D eigenvalue weighted by Crippen LogP contribution is 2.31. The lowest BCUT2D eigenvalue weighted by molar-refractivity contribution is -0.384. The van der Waals surface area contributed by atoms with Gasteiger partial charge in [0.1, 0.15) is 5.69 Å². The van der Waals surface area contributed by atoms with Crippen LogP contribution in [0, 0.1) is 24.0 Å². The van der Waals surface area contributed by atoms with Crippen molar-refractivity contribution in [3.05, 3.63) is 45.1 Å². The van der Waals surface area contributed by atoms with E-state index in [0.717, 1.165) is 0 Å². The van der Waals surface area contributed by atoms with Crippen molar-refractivity contribution in [1.82, 2.24) is 15.0 Å². The monoisotopic (exact) mass is 345 g/mol. The molecule has 1 aliphatic heterocycles. The van der Waals surface area contributed by atoms with E-state index in [1.54, 1.807) is 24.8 Å². The van der Waals surface area contributed by atoms with E-state index in [4.69, 9.17) is 10.3 Å². The summed E-state index contributed by atoms with van der Waals surface area (Å²) in [5.74, 6) is 1.04. The SMILES string of the molecule is Cc1cc(C(=O)N2CCC(c3noc(C)n3)CC2)c(N)c([N+](=O)[O-])c1. The maximum Gasteiger partial charge on any atom is 0.293 e. The maximum absolute atomic E-state index is 12.8. The first-order valence-corrected chi connectivity index (χ1v) is 8.01. The van der Waals surface area contributed by atoms with Gasteiger partial charge in [-0.3, -0.25) is 14.9 Å². The number of carbonyl (C=O) groups is 1. The lowest BCUT2D eigenvalue weighted by atomic mass is 9.95. The van der Waals surface area contributed by atoms with Gasteiger partial charge in [-0.05, 0) is 31.4 Å². The summed E-state index contributed by atoms with van der Waals surface area (Å²) in [6.45, 7) is 4.47. The molecule has 0 radical (unpaired) electrons. The Kier molecular flexibility index (Phi) is 4.39. The largest absolute Gasteiger partial charge is 0.393 e. The van der Waals surface area contributed by atoms with Crippen molar-refractivity contribution in [3.63, 3.8) is 0 Å². The van der Waals surface area contributed by atoms with Crippen LogP contribution in [0.2, 0.25) is 0 Å². The van der Waals surface area contributed by atoms with Gasteiger partial charge in [0.05, 0.1) is 10.5 Å². The van der Waals surface area contributed by atoms with Crippen molar-refractivity contribution in [2.24, 2.45) is 0 Å². The molecule has 0 spiro atoms. The smallest absolute Gasteiger partial charge is 0.293 e. The standard InChI is InChI=1S/C16H19N5O4/c1-9-7-12(14(17)13(8-9)21(23)24)16(22)20-5-3-11(4-6-20)15-18-10(2)25-19-15/h7-8,11H,3-6,17H2,1-2H3. The third-order valence-corrected chi connectivity index (χ3v) is 4.42. The number of piperidine rings is 1. The predicted octanol–water partition coefficient (Wildman–Crippen LogP) is 2.20. The fraction of sp³-hybridized carbons (Fsp3) is 0.438. The Bertz CT molecular complexity index is 824. The van der Waals surface area contributed by atoms with Crippen LogP contribution in [0.5, 0.6) is 0 Å². The fourth-order valence-electron chi connectivity index (χ4n) is 3.10. The quantitative estimate of drug-likeness (QED) is 0.513. The lowest BCUT2D eigenvalue weighted by Crippen LogP contribution is -2.38. The van der Waals surface area contributed by atoms with Crippen molar-refractivity contribution in [1.29, 1.82) is 0 Å². The summed E-state index contributed by atoms with van der Waals surface area (Å²) >= 11 is 0. The molecule has 3 rings (SSSR count). The summed E-state index contributed by atoms with van der Waals surface area (Å²) in [5, 5.41) is 15.0. The van der Waals surface area contributed by atoms with Crippen LogP contribution >= 0.6 is 0 Å². The molecule has 1 fully saturated rings. The number of nitrogens with two attached hydrogens (primary N) is 1. The van der Waals surface area contributed by atoms with E-state index in [1.165, 1.54) is 6.07 Å². The minimum Gasteiger partial charge on any atom is -0.393 e. The molecule has 0 atom stereocenters. The molecule has 25 heavy (non-hydrogen) atoms. The zero-order valence-electron chi connectivity index (χ0n) is 14.1. The summed E-state index contributed by atoms with van der Waals surface area (Å²) in [5.41, 5.74) is 6.35. The lowest BCUT2D eigenvalue weighted by Gasteiger charge is -2.31. The topological polar surface area (TPSA) is 128 Å². The molecule has 1 saturated heterocycles. The van der Waals surface area contributed by atoms with Crippen LogP contribution < -0.4 is 5.73 Å². The van der Waals surface area contributed by atoms with E-state index in [-0.39, 0.29) is 28.8 Å². The number of anilines is 1. The Labute approximate surface area is 144 Å². The maximum atomic E-state index is 12.8. The minimum atomic E-state index is -0.566. The minimum absolute atomic E-state index is 0.0866. The van der Waals surface area contributed by atoms with Crippen LogP contribution in [0.3, 0.4) is 0 Å². The van der Waals surface area contributed by atoms with Crippen molar-refractivity contribution in [2.45, 2.75) is 32.6 Å². The highest BCUT2D eigenvalue weighted by Gasteiger charge is 2.29. The fourth-order valence-corrected chi connectivity index (χ4v) is 3.10. The molecule has 2 N–H and O–H groups in total. The third-order valence-electron chi connectivity index (χ3n) is 4.42. The number of nitrogens with zero attached hydrogens (tertiary/aromatic N) is 4. The number of amides is 1. The first-order valence-electron chi connectivity index (χ1n) is 8.01. The molecule has 132 valence electrons. The van der Waals surface area contributed by atoms with E-state index in [9.17, 15) is 14.9 Å². The van der Waals surface area contributed by atoms with Gasteiger partial charge in [0.15, 0.2) is 5.82 Å². The Morgan fingerprint density at radius 2 is 2.04 bits per heavy atom. The molecule has 9 heteroatoms. The summed E-state index contributed by atoms with van der Waals surface area (Å²) < 4.78 is 5.00. The van der Waals surface area contributed by atoms with Crippen molar-refractivity contribution >= 4 is 17.3 Å². The van der Waals surface area contributed by atoms with Crippen LogP contribution in [0.15, 0.2) is 16.7 Å². The van der Waals surface area contributed by atoms with Gasteiger partial charge in [0.2, 0.25) is 5.89 Å². The van der Waals surface area contributed by atoms with Gasteiger partial charge in [-0.1, -0.05) is 5.16 Å². The zero-order chi connectivity index (χ0) is 18.1. The average Bonchev–Trinajstić information content (AvgIpc) is 3.02. The molecule has 2 heterocycles. The van der Waals surface area contributed by atoms with E-state index in [0.29, 0.717) is 43.2 Å². The number of rotatable bonds is 3. The number of carbonyl (C=O) groups excluding carboxylic acids is 1. The molecular weight excluding hydrogens is 326 g/mol. The molecule has 9 nitrogen and oxygen atoms in total. The molecule has 0 saturated carbocycles. The zero-order valence-corrected chi connectivity index (χ0v) is 14.1. The molecule has 0 aliphatic carbocycles. The molecule has 0 bridgehead atoms. The van der Waals surface area contributed by atoms with Crippen LogP contribution in [0.1, 0.15) is 46.4 Å². The molecular formula is C16H19N5O4. The number of hydrogen-bond acceptors (Lipinski definition) is 7. The van der Waals surface area contributed by atoms with E-state index < -0.39 is 4.92 Å². The number of nitrogen functional groups attached to an aromatic ring is 1. The van der Waals surface area contributed by atoms with Gasteiger partial charge in [0, 0.05) is 32.0 Å². The highest BCUT2D eigenvalue weighted by atomic mass is 16.6. The van der Waals surface area contributed by atoms with Crippen molar-refractivity contribution < 1.29 is 14.2 Å². The molecule has 1 amide bonds. The van der Waals surface area contributed by atoms with Crippen molar-refractivity contribution in [2.75, 3.05) is 18.8 Å². The first-order chi connectivity index (χ1) is 11.9. The third kappa shape index (κ3) is 3.30. The summed E-state index contributed by atoms with van der Waals surface area (Å²) in [6, 6.07) is 2.97. The van der Waals surface area contributed by atoms with Crippen LogP contribution in [0.25, 0.3) is 0 Å². The molecule has 1 aromatic heterocycles. The second-order valence-corrected chi connectivity index (χ2v) is 6.24. The number of hydrogen-bond donors (Lipinski definition) is 1. The van der Waals surface area contributed by atoms with E-state index in [2.05, 4.69) is 10.1 Å². The number of nitro groups is 1. The Hall–Kier alpha value is -2.97. The van der Waals surface area contributed by atoms with Gasteiger partial charge < -0.3 is 15.2 Å². The van der Waals surface area contributed by atoms with Gasteiger partial charge in [0.25, 0.3) is 11.6 Å². The van der Waals surface area contributed by atoms with Gasteiger partial charge in [-0.2, -0.15) is 4.98 Å². The van der Waals surface area contributed by atoms with E-state index in [1.807, 2.05) is 0 Å². The number of aryl methyl sites for hydroxylation is 2. The summed E-state index contributed by atoms with van der Waals surface area (Å²) in [4.78, 5) is 29.2. The highest BCUT2D eigenvalue weighted by molar-refractivity contribution is 6.01. The number of aromatic nitrogens is 2. The van der Waals surface area contributed by atoms with Crippen molar-refractivity contribution in [3.8, 4) is 0 Å². The average molecular weight is 345 g/mol. The Balaban J connectivity index is 1.76. The second-order valence-electron chi connectivity index (χ2n) is 6.24. The van der Waals surface area contributed by atoms with Crippen LogP contribution in [-0.4, -0.2) is 39.0 Å². The molecule has 0 unspecified atom stereocenters. The number of nitro benzene ring substituents is 1. The summed E-state index contributed by atoms with van der Waals surface area (Å²) in [7, 11) is 0. The molecule has 2 aromatic rings.